The van der Waals surface area contributed by atoms with Gasteiger partial charge in [-0.15, -0.1) is 27.8 Å². The number of hydrazone groups is 1. The van der Waals surface area contributed by atoms with E-state index < -0.39 is 18.5 Å². The number of aromatic nitrogens is 3. The van der Waals surface area contributed by atoms with Crippen LogP contribution in [0.4, 0.5) is 0 Å². The minimum Gasteiger partial charge on any atom is -0.455 e. The Labute approximate surface area is 201 Å². The molecule has 11 heteroatoms. The molecule has 4 aromatic rings. The summed E-state index contributed by atoms with van der Waals surface area (Å²) >= 11 is 3.12. The lowest BCUT2D eigenvalue weighted by atomic mass is 10.1. The van der Waals surface area contributed by atoms with Crippen molar-refractivity contribution in [2.75, 3.05) is 6.61 Å². The van der Waals surface area contributed by atoms with Crippen LogP contribution in [0.25, 0.3) is 10.9 Å². The Hall–Kier alpha value is -3.70. The molecule has 4 heterocycles. The zero-order valence-corrected chi connectivity index (χ0v) is 19.5. The summed E-state index contributed by atoms with van der Waals surface area (Å²) < 4.78 is 6.32. The molecule has 0 radical (unpaired) electrons. The average Bonchev–Trinajstić information content (AvgIpc) is 3.63. The number of aryl methyl sites for hydroxylation is 1. The summed E-state index contributed by atoms with van der Waals surface area (Å²) in [6.07, 6.45) is 0.489. The summed E-state index contributed by atoms with van der Waals surface area (Å²) in [6.45, 7) is -0.424. The van der Waals surface area contributed by atoms with Crippen LogP contribution >= 0.6 is 22.7 Å². The molecule has 3 aromatic heterocycles. The fourth-order valence-electron chi connectivity index (χ4n) is 3.68. The first kappa shape index (κ1) is 22.1. The number of hydrogen-bond donors (Lipinski definition) is 0. The number of fused-ring (bicyclic) bond motifs is 1. The van der Waals surface area contributed by atoms with Crippen molar-refractivity contribution in [3.8, 4) is 0 Å². The van der Waals surface area contributed by atoms with Gasteiger partial charge in [-0.05, 0) is 35.0 Å². The summed E-state index contributed by atoms with van der Waals surface area (Å²) in [5, 5.41) is 18.2. The molecular formula is C23H19N5O4S2. The highest BCUT2D eigenvalue weighted by atomic mass is 32.1. The van der Waals surface area contributed by atoms with E-state index in [0.29, 0.717) is 17.3 Å². The van der Waals surface area contributed by atoms with Gasteiger partial charge in [0, 0.05) is 11.3 Å². The first-order chi connectivity index (χ1) is 16.6. The number of benzene rings is 1. The van der Waals surface area contributed by atoms with E-state index in [4.69, 9.17) is 4.74 Å². The smallest absolute Gasteiger partial charge is 0.308 e. The predicted octanol–water partition coefficient (Wildman–Crippen LogP) is 3.23. The number of esters is 1. The molecule has 0 saturated heterocycles. The average molecular weight is 494 g/mol. The van der Waals surface area contributed by atoms with Gasteiger partial charge >= 0.3 is 5.97 Å². The van der Waals surface area contributed by atoms with Crippen molar-refractivity contribution in [2.45, 2.75) is 25.4 Å². The standard InChI is InChI=1S/C23H19N5O4S2/c29-21(28-18(20-8-4-12-34-20)13-17(25-28)19-7-3-11-33-19)14-32-22(30)9-10-27-23(31)15-5-1-2-6-16(15)24-26-27/h1-8,11-12,18H,9-10,13-14H2. The van der Waals surface area contributed by atoms with E-state index in [1.54, 1.807) is 46.9 Å². The Bertz CT molecular complexity index is 1410. The lowest BCUT2D eigenvalue weighted by Crippen LogP contribution is -2.31. The van der Waals surface area contributed by atoms with Gasteiger partial charge in [0.1, 0.15) is 5.52 Å². The second kappa shape index (κ2) is 9.65. The number of hydrogen-bond acceptors (Lipinski definition) is 9. The molecule has 1 amide bonds. The van der Waals surface area contributed by atoms with Gasteiger partial charge in [-0.2, -0.15) is 5.10 Å². The van der Waals surface area contributed by atoms with Crippen LogP contribution in [0.1, 0.15) is 28.6 Å². The largest absolute Gasteiger partial charge is 0.455 e. The van der Waals surface area contributed by atoms with Gasteiger partial charge in [0.2, 0.25) is 0 Å². The number of amides is 1. The predicted molar refractivity (Wildman–Crippen MR) is 129 cm³/mol. The Morgan fingerprint density at radius 1 is 1.06 bits per heavy atom. The minimum absolute atomic E-state index is 0.00586. The van der Waals surface area contributed by atoms with E-state index in [0.717, 1.165) is 20.1 Å². The monoisotopic (exact) mass is 493 g/mol. The van der Waals surface area contributed by atoms with Gasteiger partial charge in [-0.25, -0.2) is 9.69 Å². The van der Waals surface area contributed by atoms with Gasteiger partial charge in [0.05, 0.1) is 35.0 Å². The normalized spacial score (nSPS) is 15.5. The molecule has 5 rings (SSSR count). The molecular weight excluding hydrogens is 474 g/mol. The summed E-state index contributed by atoms with van der Waals surface area (Å²) in [5.74, 6) is -1.01. The van der Waals surface area contributed by atoms with Gasteiger partial charge in [-0.1, -0.05) is 29.5 Å². The van der Waals surface area contributed by atoms with Crippen LogP contribution in [-0.4, -0.2) is 44.2 Å². The lowest BCUT2D eigenvalue weighted by Gasteiger charge is -2.20. The second-order valence-corrected chi connectivity index (χ2v) is 9.47. The molecule has 172 valence electrons. The van der Waals surface area contributed by atoms with Gasteiger partial charge in [-0.3, -0.25) is 14.4 Å². The second-order valence-electron chi connectivity index (χ2n) is 7.54. The molecule has 1 aromatic carbocycles. The lowest BCUT2D eigenvalue weighted by molar-refractivity contribution is -0.153. The van der Waals surface area contributed by atoms with E-state index in [9.17, 15) is 14.4 Å². The number of thiophene rings is 2. The summed E-state index contributed by atoms with van der Waals surface area (Å²) in [4.78, 5) is 39.7. The maximum absolute atomic E-state index is 12.9. The molecule has 0 N–H and O–H groups in total. The molecule has 1 aliphatic rings. The minimum atomic E-state index is -0.607. The molecule has 1 atom stereocenters. The van der Waals surface area contributed by atoms with Crippen molar-refractivity contribution in [1.82, 2.24) is 20.0 Å². The van der Waals surface area contributed by atoms with E-state index in [2.05, 4.69) is 15.4 Å². The molecule has 0 spiro atoms. The summed E-state index contributed by atoms with van der Waals surface area (Å²) in [5.41, 5.74) is 0.994. The number of nitrogens with zero attached hydrogens (tertiary/aromatic N) is 5. The molecule has 0 saturated carbocycles. The van der Waals surface area contributed by atoms with Gasteiger partial charge in [0.15, 0.2) is 6.61 Å². The number of ether oxygens (including phenoxy) is 1. The molecule has 1 aliphatic heterocycles. The van der Waals surface area contributed by atoms with Crippen LogP contribution in [-0.2, 0) is 20.9 Å². The summed E-state index contributed by atoms with van der Waals surface area (Å²) in [6, 6.07) is 14.5. The third-order valence-corrected chi connectivity index (χ3v) is 7.25. The first-order valence-corrected chi connectivity index (χ1v) is 12.3. The third kappa shape index (κ3) is 4.52. The van der Waals surface area contributed by atoms with Crippen molar-refractivity contribution >= 4 is 51.2 Å². The number of rotatable bonds is 7. The molecule has 0 bridgehead atoms. The van der Waals surface area contributed by atoms with Crippen LogP contribution in [0.3, 0.4) is 0 Å². The fourth-order valence-corrected chi connectivity index (χ4v) is 5.21. The maximum Gasteiger partial charge on any atom is 0.308 e. The van der Waals surface area contributed by atoms with Crippen molar-refractivity contribution < 1.29 is 14.3 Å². The first-order valence-electron chi connectivity index (χ1n) is 10.5. The SMILES string of the molecule is O=C(CCn1nnc2ccccc2c1=O)OCC(=O)N1N=C(c2cccs2)CC1c1cccs1. The topological polar surface area (TPSA) is 107 Å². The Balaban J connectivity index is 1.22. The Kier molecular flexibility index (Phi) is 6.28. The van der Waals surface area contributed by atoms with Crippen LogP contribution < -0.4 is 5.56 Å². The highest BCUT2D eigenvalue weighted by Crippen LogP contribution is 2.35. The molecule has 0 aliphatic carbocycles. The Morgan fingerprint density at radius 2 is 1.88 bits per heavy atom. The van der Waals surface area contributed by atoms with Gasteiger partial charge < -0.3 is 4.74 Å². The molecule has 9 nitrogen and oxygen atoms in total. The van der Waals surface area contributed by atoms with Gasteiger partial charge in [0.25, 0.3) is 11.5 Å². The number of carbonyl (C=O) groups is 2. The van der Waals surface area contributed by atoms with Crippen molar-refractivity contribution in [3.63, 3.8) is 0 Å². The Morgan fingerprint density at radius 3 is 2.68 bits per heavy atom. The van der Waals surface area contributed by atoms with Crippen LogP contribution in [0, 0.1) is 0 Å². The molecule has 1 unspecified atom stereocenters. The van der Waals surface area contributed by atoms with Crippen molar-refractivity contribution in [3.05, 3.63) is 79.4 Å². The van der Waals surface area contributed by atoms with Crippen molar-refractivity contribution in [2.24, 2.45) is 5.10 Å². The quantitative estimate of drug-likeness (QED) is 0.366. The maximum atomic E-state index is 12.9. The van der Waals surface area contributed by atoms with Crippen LogP contribution in [0.2, 0.25) is 0 Å². The van der Waals surface area contributed by atoms with Crippen molar-refractivity contribution in [1.29, 1.82) is 0 Å². The summed E-state index contributed by atoms with van der Waals surface area (Å²) in [7, 11) is 0. The molecule has 0 fully saturated rings. The van der Waals surface area contributed by atoms with Crippen LogP contribution in [0.15, 0.2) is 69.2 Å². The zero-order chi connectivity index (χ0) is 23.5. The fraction of sp³-hybridized carbons (Fsp3) is 0.217. The highest BCUT2D eigenvalue weighted by molar-refractivity contribution is 7.12. The van der Waals surface area contributed by atoms with E-state index in [-0.39, 0.29) is 24.6 Å². The van der Waals surface area contributed by atoms with E-state index in [1.807, 2.05) is 35.0 Å². The highest BCUT2D eigenvalue weighted by Gasteiger charge is 2.34. The zero-order valence-electron chi connectivity index (χ0n) is 17.9. The van der Waals surface area contributed by atoms with E-state index >= 15 is 0 Å². The van der Waals surface area contributed by atoms with Crippen LogP contribution in [0.5, 0.6) is 0 Å². The molecule has 34 heavy (non-hydrogen) atoms. The number of carbonyl (C=O) groups excluding carboxylic acids is 2. The van der Waals surface area contributed by atoms with E-state index in [1.165, 1.54) is 5.01 Å². The third-order valence-electron chi connectivity index (χ3n) is 5.36.